The minimum atomic E-state index is -0.359. The summed E-state index contributed by atoms with van der Waals surface area (Å²) in [5.74, 6) is -0.474. The fourth-order valence-electron chi connectivity index (χ4n) is 2.35. The standard InChI is InChI=1S/C14H18BrNO3S/c1-3-9(15)12(17)16-13-11(14(18)19-2)8-6-4-5-7-10(8)20-13/h9H,3-7H2,1-2H3,(H,16,17). The molecule has 1 atom stereocenters. The van der Waals surface area contributed by atoms with E-state index in [0.29, 0.717) is 17.0 Å². The first kappa shape index (κ1) is 15.5. The summed E-state index contributed by atoms with van der Waals surface area (Å²) < 4.78 is 4.87. The van der Waals surface area contributed by atoms with Crippen LogP contribution in [0.1, 0.15) is 47.0 Å². The van der Waals surface area contributed by atoms with Crippen molar-refractivity contribution in [2.45, 2.75) is 43.9 Å². The SMILES string of the molecule is CCC(Br)C(=O)Nc1sc2c(c1C(=O)OC)CCCC2. The Morgan fingerprint density at radius 3 is 2.75 bits per heavy atom. The summed E-state index contributed by atoms with van der Waals surface area (Å²) in [5.41, 5.74) is 1.61. The number of thiophene rings is 1. The number of anilines is 1. The van der Waals surface area contributed by atoms with Crippen LogP contribution in [0.2, 0.25) is 0 Å². The predicted octanol–water partition coefficient (Wildman–Crippen LogP) is 3.53. The second-order valence-corrected chi connectivity index (χ2v) is 6.98. The molecule has 0 saturated carbocycles. The zero-order chi connectivity index (χ0) is 14.7. The Morgan fingerprint density at radius 2 is 2.10 bits per heavy atom. The summed E-state index contributed by atoms with van der Waals surface area (Å²) in [6.07, 6.45) is 4.78. The molecule has 0 saturated heterocycles. The summed E-state index contributed by atoms with van der Waals surface area (Å²) in [5, 5.41) is 3.50. The van der Waals surface area contributed by atoms with Crippen molar-refractivity contribution >= 4 is 44.1 Å². The van der Waals surface area contributed by atoms with Gasteiger partial charge in [0.25, 0.3) is 0 Å². The van der Waals surface area contributed by atoms with Gasteiger partial charge < -0.3 is 10.1 Å². The third-order valence-electron chi connectivity index (χ3n) is 3.44. The van der Waals surface area contributed by atoms with Crippen molar-refractivity contribution < 1.29 is 14.3 Å². The van der Waals surface area contributed by atoms with E-state index >= 15 is 0 Å². The lowest BCUT2D eigenvalue weighted by Gasteiger charge is -2.12. The maximum atomic E-state index is 12.0. The second kappa shape index (κ2) is 6.72. The summed E-state index contributed by atoms with van der Waals surface area (Å²) in [6, 6.07) is 0. The molecule has 0 bridgehead atoms. The average molecular weight is 360 g/mol. The van der Waals surface area contributed by atoms with E-state index in [1.165, 1.54) is 23.3 Å². The van der Waals surface area contributed by atoms with Crippen LogP contribution < -0.4 is 5.32 Å². The zero-order valence-corrected chi connectivity index (χ0v) is 14.0. The largest absolute Gasteiger partial charge is 0.465 e. The monoisotopic (exact) mass is 359 g/mol. The van der Waals surface area contributed by atoms with Gasteiger partial charge in [0.2, 0.25) is 5.91 Å². The third kappa shape index (κ3) is 3.06. The van der Waals surface area contributed by atoms with Gasteiger partial charge in [-0.1, -0.05) is 22.9 Å². The molecule has 1 heterocycles. The van der Waals surface area contributed by atoms with Gasteiger partial charge in [-0.3, -0.25) is 4.79 Å². The van der Waals surface area contributed by atoms with Crippen LogP contribution in [-0.4, -0.2) is 23.8 Å². The molecule has 0 radical (unpaired) electrons. The number of amides is 1. The van der Waals surface area contributed by atoms with E-state index in [1.54, 1.807) is 0 Å². The second-order valence-electron chi connectivity index (χ2n) is 4.77. The quantitative estimate of drug-likeness (QED) is 0.660. The number of methoxy groups -OCH3 is 1. The maximum absolute atomic E-state index is 12.0. The number of carbonyl (C=O) groups excluding carboxylic acids is 2. The molecular weight excluding hydrogens is 342 g/mol. The van der Waals surface area contributed by atoms with E-state index in [1.807, 2.05) is 6.92 Å². The summed E-state index contributed by atoms with van der Waals surface area (Å²) in [4.78, 5) is 25.0. The zero-order valence-electron chi connectivity index (χ0n) is 11.6. The highest BCUT2D eigenvalue weighted by Crippen LogP contribution is 2.38. The third-order valence-corrected chi connectivity index (χ3v) is 5.71. The molecule has 1 aromatic heterocycles. The highest BCUT2D eigenvalue weighted by Gasteiger charge is 2.27. The maximum Gasteiger partial charge on any atom is 0.341 e. The molecule has 110 valence electrons. The molecule has 1 aliphatic rings. The van der Waals surface area contributed by atoms with Crippen molar-refractivity contribution in [2.75, 3.05) is 12.4 Å². The van der Waals surface area contributed by atoms with Gasteiger partial charge in [-0.2, -0.15) is 0 Å². The highest BCUT2D eigenvalue weighted by atomic mass is 79.9. The summed E-state index contributed by atoms with van der Waals surface area (Å²) in [7, 11) is 1.38. The Morgan fingerprint density at radius 1 is 1.40 bits per heavy atom. The van der Waals surface area contributed by atoms with Gasteiger partial charge in [0, 0.05) is 4.88 Å². The minimum absolute atomic E-state index is 0.115. The average Bonchev–Trinajstić information content (AvgIpc) is 2.83. The van der Waals surface area contributed by atoms with E-state index in [2.05, 4.69) is 21.2 Å². The van der Waals surface area contributed by atoms with Crippen LogP contribution in [0.4, 0.5) is 5.00 Å². The first-order valence-corrected chi connectivity index (χ1v) is 8.49. The molecule has 0 aromatic carbocycles. The lowest BCUT2D eigenvalue weighted by Crippen LogP contribution is -2.22. The van der Waals surface area contributed by atoms with Crippen molar-refractivity contribution in [2.24, 2.45) is 0 Å². The molecule has 0 fully saturated rings. The van der Waals surface area contributed by atoms with Gasteiger partial charge in [-0.05, 0) is 37.7 Å². The van der Waals surface area contributed by atoms with Crippen LogP contribution in [0.5, 0.6) is 0 Å². The number of carbonyl (C=O) groups is 2. The number of alkyl halides is 1. The molecule has 1 unspecified atom stereocenters. The van der Waals surface area contributed by atoms with Gasteiger partial charge in [0.1, 0.15) is 5.00 Å². The number of ether oxygens (including phenoxy) is 1. The van der Waals surface area contributed by atoms with Gasteiger partial charge in [0.05, 0.1) is 17.5 Å². The lowest BCUT2D eigenvalue weighted by molar-refractivity contribution is -0.115. The van der Waals surface area contributed by atoms with Crippen molar-refractivity contribution in [3.05, 3.63) is 16.0 Å². The van der Waals surface area contributed by atoms with Crippen molar-refractivity contribution in [3.63, 3.8) is 0 Å². The molecule has 6 heteroatoms. The van der Waals surface area contributed by atoms with E-state index < -0.39 is 0 Å². The number of esters is 1. The first-order valence-electron chi connectivity index (χ1n) is 6.76. The van der Waals surface area contributed by atoms with Crippen LogP contribution in [0.25, 0.3) is 0 Å². The molecule has 1 N–H and O–H groups in total. The van der Waals surface area contributed by atoms with E-state index in [-0.39, 0.29) is 16.7 Å². The number of hydrogen-bond donors (Lipinski definition) is 1. The molecule has 0 spiro atoms. The van der Waals surface area contributed by atoms with Crippen LogP contribution in [0.15, 0.2) is 0 Å². The van der Waals surface area contributed by atoms with Crippen LogP contribution in [0, 0.1) is 0 Å². The fourth-order valence-corrected chi connectivity index (χ4v) is 3.74. The number of aryl methyl sites for hydroxylation is 1. The Labute approximate surface area is 131 Å². The number of rotatable bonds is 4. The highest BCUT2D eigenvalue weighted by molar-refractivity contribution is 9.10. The fraction of sp³-hybridized carbons (Fsp3) is 0.571. The Bertz CT molecular complexity index is 527. The van der Waals surface area contributed by atoms with Crippen molar-refractivity contribution in [1.29, 1.82) is 0 Å². The molecule has 2 rings (SSSR count). The van der Waals surface area contributed by atoms with Crippen LogP contribution in [0.3, 0.4) is 0 Å². The molecule has 1 aliphatic carbocycles. The normalized spacial score (nSPS) is 15.3. The van der Waals surface area contributed by atoms with Crippen LogP contribution >= 0.6 is 27.3 Å². The first-order chi connectivity index (χ1) is 9.58. The van der Waals surface area contributed by atoms with Gasteiger partial charge >= 0.3 is 5.97 Å². The molecule has 1 amide bonds. The number of nitrogens with one attached hydrogen (secondary N) is 1. The lowest BCUT2D eigenvalue weighted by atomic mass is 9.95. The van der Waals surface area contributed by atoms with Gasteiger partial charge in [-0.25, -0.2) is 4.79 Å². The summed E-state index contributed by atoms with van der Waals surface area (Å²) in [6.45, 7) is 1.93. The molecule has 0 aliphatic heterocycles. The van der Waals surface area contributed by atoms with Gasteiger partial charge in [0.15, 0.2) is 0 Å². The van der Waals surface area contributed by atoms with E-state index in [9.17, 15) is 9.59 Å². The Balaban J connectivity index is 2.34. The molecule has 20 heavy (non-hydrogen) atoms. The molecule has 4 nitrogen and oxygen atoms in total. The van der Waals surface area contributed by atoms with Gasteiger partial charge in [-0.15, -0.1) is 11.3 Å². The van der Waals surface area contributed by atoms with E-state index in [0.717, 1.165) is 31.2 Å². The topological polar surface area (TPSA) is 55.4 Å². The van der Waals surface area contributed by atoms with Crippen molar-refractivity contribution in [1.82, 2.24) is 0 Å². The predicted molar refractivity (Wildman–Crippen MR) is 83.9 cm³/mol. The number of halogens is 1. The van der Waals surface area contributed by atoms with Crippen molar-refractivity contribution in [3.8, 4) is 0 Å². The van der Waals surface area contributed by atoms with E-state index in [4.69, 9.17) is 4.74 Å². The minimum Gasteiger partial charge on any atom is -0.465 e. The Hall–Kier alpha value is -0.880. The Kier molecular flexibility index (Phi) is 5.21. The molecular formula is C14H18BrNO3S. The number of fused-ring (bicyclic) bond motifs is 1. The smallest absolute Gasteiger partial charge is 0.341 e. The van der Waals surface area contributed by atoms with Crippen LogP contribution in [-0.2, 0) is 22.4 Å². The summed E-state index contributed by atoms with van der Waals surface area (Å²) >= 11 is 4.83. The number of hydrogen-bond acceptors (Lipinski definition) is 4. The molecule has 1 aromatic rings.